The zero-order valence-electron chi connectivity index (χ0n) is 15.7. The summed E-state index contributed by atoms with van der Waals surface area (Å²) in [6, 6.07) is 5.18. The smallest absolute Gasteiger partial charge is 0.301 e. The van der Waals surface area contributed by atoms with Crippen LogP contribution in [0.1, 0.15) is 28.9 Å². The Bertz CT molecular complexity index is 1130. The predicted octanol–water partition coefficient (Wildman–Crippen LogP) is 1.88. The first-order valence-corrected chi connectivity index (χ1v) is 10.9. The van der Waals surface area contributed by atoms with Gasteiger partial charge in [0.15, 0.2) is 0 Å². The van der Waals surface area contributed by atoms with Crippen LogP contribution in [0.15, 0.2) is 46.0 Å². The van der Waals surface area contributed by atoms with Gasteiger partial charge < -0.3 is 9.88 Å². The van der Waals surface area contributed by atoms with E-state index in [4.69, 9.17) is 0 Å². The van der Waals surface area contributed by atoms with Crippen molar-refractivity contribution in [3.8, 4) is 0 Å². The molecule has 3 aromatic heterocycles. The first kappa shape index (κ1) is 18.4. The molecule has 0 fully saturated rings. The summed E-state index contributed by atoms with van der Waals surface area (Å²) in [7, 11) is -2.94. The molecule has 28 heavy (non-hydrogen) atoms. The number of rotatable bonds is 4. The molecule has 4 rings (SSSR count). The molecule has 1 N–H and O–H groups in total. The third kappa shape index (κ3) is 3.42. The summed E-state index contributed by atoms with van der Waals surface area (Å²) >= 11 is 0. The Morgan fingerprint density at radius 2 is 2.21 bits per heavy atom. The van der Waals surface area contributed by atoms with Gasteiger partial charge in [0.2, 0.25) is 0 Å². The summed E-state index contributed by atoms with van der Waals surface area (Å²) < 4.78 is 19.1. The van der Waals surface area contributed by atoms with E-state index < -0.39 is 15.6 Å². The topological polar surface area (TPSA) is 109 Å². The highest BCUT2D eigenvalue weighted by Crippen LogP contribution is 2.25. The third-order valence-corrected chi connectivity index (χ3v) is 6.33. The number of nitrogens with zero attached hydrogens (tertiary/aromatic N) is 6. The van der Waals surface area contributed by atoms with E-state index in [1.807, 2.05) is 17.7 Å². The van der Waals surface area contributed by atoms with Crippen LogP contribution in [0.2, 0.25) is 0 Å². The molecule has 1 unspecified atom stereocenters. The minimum absolute atomic E-state index is 0.310. The van der Waals surface area contributed by atoms with Crippen LogP contribution < -0.4 is 4.90 Å². The number of hydrogen-bond acceptors (Lipinski definition) is 6. The largest absolute Gasteiger partial charge is 0.357 e. The van der Waals surface area contributed by atoms with E-state index >= 15 is 0 Å². The van der Waals surface area contributed by atoms with Crippen LogP contribution >= 0.6 is 0 Å². The Hall–Kier alpha value is -3.01. The summed E-state index contributed by atoms with van der Waals surface area (Å²) in [6.45, 7) is 3.88. The highest BCUT2D eigenvalue weighted by molar-refractivity contribution is 7.93. The molecule has 1 amide bonds. The van der Waals surface area contributed by atoms with Crippen molar-refractivity contribution in [3.63, 3.8) is 0 Å². The van der Waals surface area contributed by atoms with Crippen LogP contribution in [0.5, 0.6) is 0 Å². The third-order valence-electron chi connectivity index (χ3n) is 4.66. The summed E-state index contributed by atoms with van der Waals surface area (Å²) in [5.74, 6) is 1.07. The molecule has 0 aliphatic carbocycles. The van der Waals surface area contributed by atoms with E-state index in [2.05, 4.69) is 29.3 Å². The average Bonchev–Trinajstić information content (AvgIpc) is 3.37. The van der Waals surface area contributed by atoms with Gasteiger partial charge in [-0.25, -0.2) is 14.2 Å². The first-order valence-electron chi connectivity index (χ1n) is 8.99. The highest BCUT2D eigenvalue weighted by atomic mass is 32.2. The fourth-order valence-corrected chi connectivity index (χ4v) is 4.55. The van der Waals surface area contributed by atoms with Crippen LogP contribution in [0, 0.1) is 0 Å². The Labute approximate surface area is 163 Å². The van der Waals surface area contributed by atoms with Crippen molar-refractivity contribution in [2.75, 3.05) is 17.7 Å². The number of aromatic nitrogens is 5. The molecule has 146 valence electrons. The van der Waals surface area contributed by atoms with Crippen molar-refractivity contribution < 1.29 is 9.00 Å². The summed E-state index contributed by atoms with van der Waals surface area (Å²) in [5, 5.41) is 4.35. The van der Waals surface area contributed by atoms with Crippen LogP contribution in [0.25, 0.3) is 0 Å². The van der Waals surface area contributed by atoms with E-state index in [0.717, 1.165) is 30.3 Å². The maximum atomic E-state index is 13.3. The Kier molecular flexibility index (Phi) is 4.71. The van der Waals surface area contributed by atoms with Crippen LogP contribution in [0.4, 0.5) is 5.82 Å². The standard InChI is InChI=1S/C18H21N7O2S/c1-3-16-20-8-6-17(22-16)24-9-10-25-14(12-24)15(11-21-25)28(2,27)23-18(26)13-5-4-7-19-13/h4-8,11,19H,3,9-10,12H2,1-2H3. The second-order valence-corrected chi connectivity index (χ2v) is 8.80. The van der Waals surface area contributed by atoms with Gasteiger partial charge in [0.05, 0.1) is 39.6 Å². The Morgan fingerprint density at radius 1 is 1.36 bits per heavy atom. The monoisotopic (exact) mass is 399 g/mol. The van der Waals surface area contributed by atoms with E-state index in [1.54, 1.807) is 30.7 Å². The molecule has 1 aliphatic rings. The first-order chi connectivity index (χ1) is 13.5. The number of amides is 1. The number of carbonyl (C=O) groups excluding carboxylic acids is 1. The molecular formula is C18H21N7O2S. The van der Waals surface area contributed by atoms with Gasteiger partial charge >= 0.3 is 5.91 Å². The minimum Gasteiger partial charge on any atom is -0.357 e. The molecule has 0 radical (unpaired) electrons. The van der Waals surface area contributed by atoms with Crippen molar-refractivity contribution in [1.29, 1.82) is 0 Å². The van der Waals surface area contributed by atoms with Gasteiger partial charge in [-0.3, -0.25) is 9.48 Å². The fraction of sp³-hybridized carbons (Fsp3) is 0.333. The van der Waals surface area contributed by atoms with Crippen LogP contribution in [0.3, 0.4) is 0 Å². The Balaban J connectivity index is 1.67. The van der Waals surface area contributed by atoms with Crippen molar-refractivity contribution in [2.24, 2.45) is 4.36 Å². The summed E-state index contributed by atoms with van der Waals surface area (Å²) in [5.41, 5.74) is 1.10. The molecule has 0 saturated carbocycles. The van der Waals surface area contributed by atoms with Gasteiger partial charge in [-0.05, 0) is 18.2 Å². The molecule has 1 aliphatic heterocycles. The maximum Gasteiger partial charge on any atom is 0.301 e. The van der Waals surface area contributed by atoms with Crippen LogP contribution in [-0.2, 0) is 29.2 Å². The van der Waals surface area contributed by atoms with E-state index in [0.29, 0.717) is 23.7 Å². The number of nitrogens with one attached hydrogen (secondary N) is 1. The number of H-pyrrole nitrogens is 1. The average molecular weight is 399 g/mol. The number of anilines is 1. The minimum atomic E-state index is -2.94. The van der Waals surface area contributed by atoms with Gasteiger partial charge in [0, 0.05) is 31.6 Å². The molecule has 10 heteroatoms. The van der Waals surface area contributed by atoms with Gasteiger partial charge in [0.1, 0.15) is 17.3 Å². The lowest BCUT2D eigenvalue weighted by atomic mass is 10.3. The molecule has 3 aromatic rings. The van der Waals surface area contributed by atoms with Crippen molar-refractivity contribution in [1.82, 2.24) is 24.7 Å². The molecule has 0 aromatic carbocycles. The number of carbonyl (C=O) groups is 1. The SMILES string of the molecule is CCc1nccc(N2CCn3ncc(S(C)(=O)=NC(=O)c4ccc[nH]4)c3C2)n1. The maximum absolute atomic E-state index is 13.3. The molecule has 1 atom stereocenters. The zero-order chi connectivity index (χ0) is 19.7. The summed E-state index contributed by atoms with van der Waals surface area (Å²) in [4.78, 5) is 26.5. The number of aryl methyl sites for hydroxylation is 1. The predicted molar refractivity (Wildman–Crippen MR) is 105 cm³/mol. The van der Waals surface area contributed by atoms with E-state index in [-0.39, 0.29) is 0 Å². The lowest BCUT2D eigenvalue weighted by molar-refractivity contribution is 0.100. The second-order valence-electron chi connectivity index (χ2n) is 6.57. The van der Waals surface area contributed by atoms with Crippen molar-refractivity contribution in [3.05, 3.63) is 54.0 Å². The lowest BCUT2D eigenvalue weighted by Gasteiger charge is -2.29. The van der Waals surface area contributed by atoms with Crippen molar-refractivity contribution in [2.45, 2.75) is 31.3 Å². The van der Waals surface area contributed by atoms with Gasteiger partial charge in [-0.1, -0.05) is 6.92 Å². The highest BCUT2D eigenvalue weighted by Gasteiger charge is 2.26. The normalized spacial score (nSPS) is 15.7. The molecule has 0 spiro atoms. The molecule has 0 bridgehead atoms. The quantitative estimate of drug-likeness (QED) is 0.717. The van der Waals surface area contributed by atoms with Gasteiger partial charge in [-0.2, -0.15) is 9.46 Å². The van der Waals surface area contributed by atoms with Crippen LogP contribution in [-0.4, -0.2) is 47.6 Å². The van der Waals surface area contributed by atoms with E-state index in [9.17, 15) is 9.00 Å². The van der Waals surface area contributed by atoms with Gasteiger partial charge in [0.25, 0.3) is 0 Å². The Morgan fingerprint density at radius 3 is 2.96 bits per heavy atom. The zero-order valence-corrected chi connectivity index (χ0v) is 16.5. The van der Waals surface area contributed by atoms with Gasteiger partial charge in [-0.15, -0.1) is 0 Å². The second kappa shape index (κ2) is 7.19. The van der Waals surface area contributed by atoms with Crippen molar-refractivity contribution >= 4 is 21.5 Å². The number of hydrogen-bond donors (Lipinski definition) is 1. The molecular weight excluding hydrogens is 378 g/mol. The molecule has 9 nitrogen and oxygen atoms in total. The summed E-state index contributed by atoms with van der Waals surface area (Å²) in [6.07, 6.45) is 7.18. The number of fused-ring (bicyclic) bond motifs is 1. The lowest BCUT2D eigenvalue weighted by Crippen LogP contribution is -2.35. The molecule has 0 saturated heterocycles. The fourth-order valence-electron chi connectivity index (χ4n) is 3.19. The number of aromatic amines is 1. The molecule has 4 heterocycles. The van der Waals surface area contributed by atoms with E-state index in [1.165, 1.54) is 6.26 Å².